The van der Waals surface area contributed by atoms with Gasteiger partial charge in [0.2, 0.25) is 0 Å². The molecule has 1 saturated heterocycles. The Morgan fingerprint density at radius 2 is 1.61 bits per heavy atom. The number of aliphatic hydroxyl groups is 1. The minimum Gasteiger partial charge on any atom is -0.507 e. The predicted molar refractivity (Wildman–Crippen MR) is 128 cm³/mol. The number of hydrogen-bond donors (Lipinski definition) is 1. The van der Waals surface area contributed by atoms with Crippen molar-refractivity contribution in [3.8, 4) is 0 Å². The molecule has 1 fully saturated rings. The third kappa shape index (κ3) is 4.16. The van der Waals surface area contributed by atoms with Gasteiger partial charge in [-0.05, 0) is 34.7 Å². The van der Waals surface area contributed by atoms with Crippen molar-refractivity contribution in [3.05, 3.63) is 106 Å². The first-order valence-corrected chi connectivity index (χ1v) is 10.9. The second-order valence-corrected chi connectivity index (χ2v) is 9.41. The van der Waals surface area contributed by atoms with Crippen LogP contribution in [0.15, 0.2) is 78.4 Å². The van der Waals surface area contributed by atoms with Gasteiger partial charge in [-0.2, -0.15) is 0 Å². The van der Waals surface area contributed by atoms with E-state index in [-0.39, 0.29) is 27.5 Å². The monoisotopic (exact) mass is 463 g/mol. The van der Waals surface area contributed by atoms with E-state index in [9.17, 15) is 19.1 Å². The molecule has 1 aliphatic rings. The lowest BCUT2D eigenvalue weighted by atomic mass is 9.85. The molecule has 0 aliphatic carbocycles. The van der Waals surface area contributed by atoms with Gasteiger partial charge in [-0.3, -0.25) is 14.5 Å². The van der Waals surface area contributed by atoms with Gasteiger partial charge in [0.1, 0.15) is 11.6 Å². The number of halogens is 2. The van der Waals surface area contributed by atoms with Crippen molar-refractivity contribution in [1.82, 2.24) is 0 Å². The van der Waals surface area contributed by atoms with Crippen molar-refractivity contribution < 1.29 is 19.1 Å². The number of ketones is 1. The molecule has 0 bridgehead atoms. The van der Waals surface area contributed by atoms with Crippen molar-refractivity contribution in [2.45, 2.75) is 32.2 Å². The van der Waals surface area contributed by atoms with E-state index in [1.54, 1.807) is 30.3 Å². The lowest BCUT2D eigenvalue weighted by Gasteiger charge is -2.26. The highest BCUT2D eigenvalue weighted by molar-refractivity contribution is 6.51. The fourth-order valence-electron chi connectivity index (χ4n) is 3.97. The molecule has 0 radical (unpaired) electrons. The average Bonchev–Trinajstić information content (AvgIpc) is 3.06. The Labute approximate surface area is 196 Å². The van der Waals surface area contributed by atoms with E-state index in [1.807, 2.05) is 24.3 Å². The van der Waals surface area contributed by atoms with E-state index in [0.717, 1.165) is 11.6 Å². The first-order valence-electron chi connectivity index (χ1n) is 10.5. The SMILES string of the molecule is CC(C)(C)c1ccc(C2/C(=C(\O)c3ccccc3)C(=O)C(=O)N2c2ccc(F)c(Cl)c2)cc1. The molecule has 1 N–H and O–H groups in total. The number of rotatable bonds is 3. The van der Waals surface area contributed by atoms with E-state index in [1.165, 1.54) is 17.0 Å². The van der Waals surface area contributed by atoms with Gasteiger partial charge in [0.25, 0.3) is 11.7 Å². The van der Waals surface area contributed by atoms with Gasteiger partial charge < -0.3 is 5.11 Å². The van der Waals surface area contributed by atoms with Crippen LogP contribution in [0.25, 0.3) is 5.76 Å². The third-order valence-corrected chi connectivity index (χ3v) is 6.06. The summed E-state index contributed by atoms with van der Waals surface area (Å²) in [6.45, 7) is 6.26. The van der Waals surface area contributed by atoms with Crippen molar-refractivity contribution in [2.24, 2.45) is 0 Å². The summed E-state index contributed by atoms with van der Waals surface area (Å²) in [6.07, 6.45) is 0. The van der Waals surface area contributed by atoms with Crippen LogP contribution >= 0.6 is 11.6 Å². The lowest BCUT2D eigenvalue weighted by Crippen LogP contribution is -2.29. The molecule has 0 spiro atoms. The zero-order valence-electron chi connectivity index (χ0n) is 18.5. The molecular formula is C27H23ClFNO3. The van der Waals surface area contributed by atoms with Crippen LogP contribution in [0.4, 0.5) is 10.1 Å². The van der Waals surface area contributed by atoms with Crippen molar-refractivity contribution in [1.29, 1.82) is 0 Å². The highest BCUT2D eigenvalue weighted by Crippen LogP contribution is 2.43. The summed E-state index contributed by atoms with van der Waals surface area (Å²) >= 11 is 5.98. The van der Waals surface area contributed by atoms with Gasteiger partial charge in [0.15, 0.2) is 0 Å². The zero-order chi connectivity index (χ0) is 23.9. The number of carbonyl (C=O) groups is 2. The van der Waals surface area contributed by atoms with Gasteiger partial charge in [-0.15, -0.1) is 0 Å². The molecule has 1 unspecified atom stereocenters. The summed E-state index contributed by atoms with van der Waals surface area (Å²) in [6, 6.07) is 19.1. The molecule has 1 amide bonds. The lowest BCUT2D eigenvalue weighted by molar-refractivity contribution is -0.132. The van der Waals surface area contributed by atoms with Crippen LogP contribution < -0.4 is 4.90 Å². The number of benzene rings is 3. The Kier molecular flexibility index (Phi) is 5.85. The Balaban J connectivity index is 1.93. The number of anilines is 1. The quantitative estimate of drug-likeness (QED) is 0.277. The summed E-state index contributed by atoms with van der Waals surface area (Å²) in [5, 5.41) is 10.9. The summed E-state index contributed by atoms with van der Waals surface area (Å²) in [4.78, 5) is 27.6. The molecule has 33 heavy (non-hydrogen) atoms. The molecule has 1 aliphatic heterocycles. The molecule has 1 atom stereocenters. The predicted octanol–water partition coefficient (Wildman–Crippen LogP) is 6.40. The maximum atomic E-state index is 13.8. The molecule has 4 rings (SSSR count). The maximum Gasteiger partial charge on any atom is 0.300 e. The highest BCUT2D eigenvalue weighted by Gasteiger charge is 2.47. The van der Waals surface area contributed by atoms with Crippen LogP contribution in [0.5, 0.6) is 0 Å². The number of carbonyl (C=O) groups excluding carboxylic acids is 2. The number of aliphatic hydroxyl groups excluding tert-OH is 1. The van der Waals surface area contributed by atoms with E-state index < -0.39 is 23.5 Å². The number of amides is 1. The minimum atomic E-state index is -0.902. The van der Waals surface area contributed by atoms with Crippen LogP contribution in [0, 0.1) is 5.82 Å². The van der Waals surface area contributed by atoms with Gasteiger partial charge in [0, 0.05) is 11.3 Å². The van der Waals surface area contributed by atoms with E-state index >= 15 is 0 Å². The second-order valence-electron chi connectivity index (χ2n) is 9.01. The summed E-state index contributed by atoms with van der Waals surface area (Å²) in [7, 11) is 0. The Bertz CT molecular complexity index is 1260. The maximum absolute atomic E-state index is 13.8. The van der Waals surface area contributed by atoms with Crippen LogP contribution in [-0.2, 0) is 15.0 Å². The van der Waals surface area contributed by atoms with Gasteiger partial charge in [-0.25, -0.2) is 4.39 Å². The van der Waals surface area contributed by atoms with E-state index in [0.29, 0.717) is 11.1 Å². The Hall–Kier alpha value is -3.44. The second kappa shape index (κ2) is 8.49. The molecule has 3 aromatic carbocycles. The van der Waals surface area contributed by atoms with Crippen LogP contribution in [0.3, 0.4) is 0 Å². The van der Waals surface area contributed by atoms with Crippen molar-refractivity contribution >= 4 is 34.7 Å². The van der Waals surface area contributed by atoms with Crippen LogP contribution in [-0.4, -0.2) is 16.8 Å². The zero-order valence-corrected chi connectivity index (χ0v) is 19.2. The van der Waals surface area contributed by atoms with Crippen LogP contribution in [0.2, 0.25) is 5.02 Å². The molecule has 0 saturated carbocycles. The molecule has 0 aromatic heterocycles. The largest absolute Gasteiger partial charge is 0.507 e. The van der Waals surface area contributed by atoms with Gasteiger partial charge >= 0.3 is 0 Å². The van der Waals surface area contributed by atoms with E-state index in [4.69, 9.17) is 11.6 Å². The Morgan fingerprint density at radius 1 is 0.970 bits per heavy atom. The fourth-order valence-corrected chi connectivity index (χ4v) is 4.14. The summed E-state index contributed by atoms with van der Waals surface area (Å²) in [5.41, 5.74) is 2.28. The van der Waals surface area contributed by atoms with Gasteiger partial charge in [-0.1, -0.05) is 87.0 Å². The topological polar surface area (TPSA) is 57.6 Å². The smallest absolute Gasteiger partial charge is 0.300 e. The standard InChI is InChI=1S/C27H23ClFNO3/c1-27(2,3)18-11-9-16(10-12-18)23-22(24(31)17-7-5-4-6-8-17)25(32)26(33)30(23)19-13-14-21(29)20(28)15-19/h4-15,23,31H,1-3H3/b24-22+. The molecule has 168 valence electrons. The van der Waals surface area contributed by atoms with Crippen LogP contribution in [0.1, 0.15) is 43.5 Å². The minimum absolute atomic E-state index is 0.0323. The van der Waals surface area contributed by atoms with Crippen molar-refractivity contribution in [3.63, 3.8) is 0 Å². The molecule has 6 heteroatoms. The third-order valence-electron chi connectivity index (χ3n) is 5.77. The fraction of sp³-hybridized carbons (Fsp3) is 0.185. The molecule has 1 heterocycles. The summed E-state index contributed by atoms with van der Waals surface area (Å²) < 4.78 is 13.8. The van der Waals surface area contributed by atoms with Crippen molar-refractivity contribution in [2.75, 3.05) is 4.90 Å². The molecular weight excluding hydrogens is 441 g/mol. The highest BCUT2D eigenvalue weighted by atomic mass is 35.5. The first-order chi connectivity index (χ1) is 15.6. The molecule has 3 aromatic rings. The number of nitrogens with zero attached hydrogens (tertiary/aromatic N) is 1. The normalized spacial score (nSPS) is 18.1. The molecule has 4 nitrogen and oxygen atoms in total. The summed E-state index contributed by atoms with van der Waals surface area (Å²) in [5.74, 6) is -2.54. The number of hydrogen-bond acceptors (Lipinski definition) is 3. The first kappa shape index (κ1) is 22.7. The average molecular weight is 464 g/mol. The van der Waals surface area contributed by atoms with Gasteiger partial charge in [0.05, 0.1) is 16.6 Å². The number of Topliss-reactive ketones (excluding diaryl/α,β-unsaturated/α-hetero) is 1. The Morgan fingerprint density at radius 3 is 2.18 bits per heavy atom. The van der Waals surface area contributed by atoms with E-state index in [2.05, 4.69) is 20.8 Å².